The molecule has 0 radical (unpaired) electrons. The highest BCUT2D eigenvalue weighted by molar-refractivity contribution is 7.91. The van der Waals surface area contributed by atoms with Crippen molar-refractivity contribution in [3.63, 3.8) is 0 Å². The summed E-state index contributed by atoms with van der Waals surface area (Å²) >= 11 is 0. The number of nitrogens with zero attached hydrogens (tertiary/aromatic N) is 2. The smallest absolute Gasteiger partial charge is 0.326 e. The van der Waals surface area contributed by atoms with Gasteiger partial charge in [0.1, 0.15) is 6.67 Å². The average molecular weight is 453 g/mol. The van der Waals surface area contributed by atoms with Gasteiger partial charge in [0.25, 0.3) is 0 Å². The van der Waals surface area contributed by atoms with Crippen LogP contribution in [0.2, 0.25) is 0 Å². The number of halogens is 1. The van der Waals surface area contributed by atoms with Crippen LogP contribution >= 0.6 is 0 Å². The zero-order valence-electron chi connectivity index (χ0n) is 17.3. The molecule has 1 aliphatic heterocycles. The van der Waals surface area contributed by atoms with E-state index in [1.165, 1.54) is 30.0 Å². The van der Waals surface area contributed by atoms with E-state index in [1.54, 1.807) is 24.3 Å². The molecule has 2 aromatic carbocycles. The third-order valence-corrected chi connectivity index (χ3v) is 7.51. The summed E-state index contributed by atoms with van der Waals surface area (Å²) in [4.78, 5) is 27.3. The highest BCUT2D eigenvalue weighted by atomic mass is 32.2. The van der Waals surface area contributed by atoms with E-state index in [2.05, 4.69) is 5.32 Å². The molecule has 1 atom stereocenters. The van der Waals surface area contributed by atoms with Crippen molar-refractivity contribution in [2.45, 2.75) is 37.4 Å². The molecule has 1 heterocycles. The molecule has 32 heavy (non-hydrogen) atoms. The molecule has 0 spiro atoms. The van der Waals surface area contributed by atoms with Gasteiger partial charge in [-0.25, -0.2) is 17.6 Å². The van der Waals surface area contributed by atoms with Gasteiger partial charge in [-0.15, -0.1) is 0 Å². The predicted molar refractivity (Wildman–Crippen MR) is 115 cm³/mol. The Hall–Kier alpha value is -3.51. The minimum absolute atomic E-state index is 0.0798. The molecular formula is C23H20FN3O4S. The van der Waals surface area contributed by atoms with E-state index >= 15 is 0 Å². The fraction of sp³-hybridized carbons (Fsp3) is 0.261. The Morgan fingerprint density at radius 3 is 2.66 bits per heavy atom. The summed E-state index contributed by atoms with van der Waals surface area (Å²) in [6.45, 7) is 0.795. The van der Waals surface area contributed by atoms with Crippen LogP contribution in [0.15, 0.2) is 58.6 Å². The van der Waals surface area contributed by atoms with E-state index in [9.17, 15) is 27.7 Å². The lowest BCUT2D eigenvalue weighted by atomic mass is 9.94. The van der Waals surface area contributed by atoms with Crippen molar-refractivity contribution < 1.29 is 22.4 Å². The first-order valence-corrected chi connectivity index (χ1v) is 11.7. The lowest BCUT2D eigenvalue weighted by Gasteiger charge is -2.35. The van der Waals surface area contributed by atoms with Crippen molar-refractivity contribution in [2.24, 2.45) is 0 Å². The molecule has 9 heteroatoms. The first-order valence-electron chi connectivity index (χ1n) is 10.1. The number of urea groups is 1. The van der Waals surface area contributed by atoms with Gasteiger partial charge < -0.3 is 5.32 Å². The van der Waals surface area contributed by atoms with Gasteiger partial charge in [0.05, 0.1) is 34.0 Å². The highest BCUT2D eigenvalue weighted by Gasteiger charge is 2.42. The molecule has 0 saturated carbocycles. The zero-order valence-corrected chi connectivity index (χ0v) is 18.1. The molecule has 1 aliphatic carbocycles. The number of nitrogens with one attached hydrogen (secondary N) is 1. The SMILES string of the molecule is CCS(=O)(=O)c1cc(C#N)ccc1[C@H]1NC(=O)N(c2cccc(CF)c2)C2=C1C(=O)CC2. The largest absolute Gasteiger partial charge is 0.327 e. The molecule has 2 aromatic rings. The third-order valence-electron chi connectivity index (χ3n) is 5.72. The maximum Gasteiger partial charge on any atom is 0.327 e. The van der Waals surface area contributed by atoms with Gasteiger partial charge >= 0.3 is 6.03 Å². The van der Waals surface area contributed by atoms with Crippen molar-refractivity contribution in [3.05, 3.63) is 70.4 Å². The number of carbonyl (C=O) groups is 2. The quantitative estimate of drug-likeness (QED) is 0.743. The molecule has 0 saturated heterocycles. The summed E-state index contributed by atoms with van der Waals surface area (Å²) in [7, 11) is -3.74. The molecule has 0 aromatic heterocycles. The standard InChI is InChI=1S/C23H20FN3O4S/c1-2-32(30,31)20-11-15(13-25)6-7-17(20)22-21-18(8-9-19(21)28)27(23(29)26-22)16-5-3-4-14(10-16)12-24/h3-7,10-11,22H,2,8-9,12H2,1H3,(H,26,29)/t22-/m1/s1. The van der Waals surface area contributed by atoms with Gasteiger partial charge in [-0.3, -0.25) is 9.69 Å². The lowest BCUT2D eigenvalue weighted by Crippen LogP contribution is -2.47. The van der Waals surface area contributed by atoms with E-state index in [4.69, 9.17) is 0 Å². The van der Waals surface area contributed by atoms with Crippen LogP contribution in [0.4, 0.5) is 14.9 Å². The van der Waals surface area contributed by atoms with Crippen LogP contribution in [-0.2, 0) is 21.3 Å². The molecule has 164 valence electrons. The number of allylic oxidation sites excluding steroid dienone is 1. The second kappa shape index (κ2) is 8.20. The molecule has 4 rings (SSSR count). The Bertz CT molecular complexity index is 1310. The maximum atomic E-state index is 13.2. The molecule has 0 unspecified atom stereocenters. The molecule has 7 nitrogen and oxygen atoms in total. The number of ketones is 1. The number of hydrogen-bond donors (Lipinski definition) is 1. The molecule has 2 aliphatic rings. The van der Waals surface area contributed by atoms with E-state index in [1.807, 2.05) is 6.07 Å². The molecule has 0 bridgehead atoms. The van der Waals surface area contributed by atoms with E-state index in [0.717, 1.165) is 0 Å². The Morgan fingerprint density at radius 2 is 1.97 bits per heavy atom. The van der Waals surface area contributed by atoms with E-state index in [0.29, 0.717) is 28.9 Å². The van der Waals surface area contributed by atoms with Crippen molar-refractivity contribution in [3.8, 4) is 6.07 Å². The number of sulfone groups is 1. The minimum atomic E-state index is -3.74. The van der Waals surface area contributed by atoms with Gasteiger partial charge in [0, 0.05) is 17.7 Å². The van der Waals surface area contributed by atoms with Crippen molar-refractivity contribution in [1.29, 1.82) is 5.26 Å². The fourth-order valence-corrected chi connectivity index (χ4v) is 5.32. The number of rotatable bonds is 5. The van der Waals surface area contributed by atoms with Crippen molar-refractivity contribution >= 4 is 27.3 Å². The summed E-state index contributed by atoms with van der Waals surface area (Å²) < 4.78 is 38.7. The van der Waals surface area contributed by atoms with Crippen LogP contribution in [0.1, 0.15) is 42.5 Å². The van der Waals surface area contributed by atoms with Gasteiger partial charge in [-0.2, -0.15) is 5.26 Å². The minimum Gasteiger partial charge on any atom is -0.326 e. The second-order valence-electron chi connectivity index (χ2n) is 7.57. The van der Waals surface area contributed by atoms with Gasteiger partial charge in [-0.1, -0.05) is 25.1 Å². The number of Topliss-reactive ketones (excluding diaryl/α,β-unsaturated/α-hetero) is 1. The number of alkyl halides is 1. The van der Waals surface area contributed by atoms with E-state index < -0.39 is 28.6 Å². The first-order chi connectivity index (χ1) is 15.3. The Balaban J connectivity index is 1.90. The van der Waals surface area contributed by atoms with E-state index in [-0.39, 0.29) is 34.0 Å². The van der Waals surface area contributed by atoms with Gasteiger partial charge in [-0.05, 0) is 41.8 Å². The topological polar surface area (TPSA) is 107 Å². The Labute approximate surface area is 185 Å². The van der Waals surface area contributed by atoms with Gasteiger partial charge in [0.2, 0.25) is 0 Å². The number of amides is 2. The number of nitriles is 1. The number of hydrogen-bond acceptors (Lipinski definition) is 5. The molecule has 2 amide bonds. The van der Waals surface area contributed by atoms with Crippen molar-refractivity contribution in [1.82, 2.24) is 5.32 Å². The second-order valence-corrected chi connectivity index (χ2v) is 9.82. The molecule has 1 N–H and O–H groups in total. The Kier molecular flexibility index (Phi) is 5.57. The normalized spacial score (nSPS) is 18.4. The number of anilines is 1. The number of benzene rings is 2. The summed E-state index contributed by atoms with van der Waals surface area (Å²) in [6.07, 6.45) is 0.492. The zero-order chi connectivity index (χ0) is 23.0. The molecule has 0 fully saturated rings. The van der Waals surface area contributed by atoms with Crippen LogP contribution in [-0.4, -0.2) is 26.0 Å². The van der Waals surface area contributed by atoms with Crippen LogP contribution in [0, 0.1) is 11.3 Å². The average Bonchev–Trinajstić information content (AvgIpc) is 3.19. The number of carbonyl (C=O) groups excluding carboxylic acids is 2. The van der Waals surface area contributed by atoms with Crippen LogP contribution in [0.25, 0.3) is 0 Å². The van der Waals surface area contributed by atoms with Gasteiger partial charge in [0.15, 0.2) is 15.6 Å². The summed E-state index contributed by atoms with van der Waals surface area (Å²) in [5.74, 6) is -0.391. The predicted octanol–water partition coefficient (Wildman–Crippen LogP) is 3.71. The Morgan fingerprint density at radius 1 is 1.19 bits per heavy atom. The third kappa shape index (κ3) is 3.56. The monoisotopic (exact) mass is 453 g/mol. The summed E-state index contributed by atoms with van der Waals surface area (Å²) in [6, 6.07) is 11.1. The summed E-state index contributed by atoms with van der Waals surface area (Å²) in [5.41, 5.74) is 2.03. The van der Waals surface area contributed by atoms with Crippen molar-refractivity contribution in [2.75, 3.05) is 10.7 Å². The fourth-order valence-electron chi connectivity index (χ4n) is 4.16. The first kappa shape index (κ1) is 21.7. The maximum absolute atomic E-state index is 13.2. The van der Waals surface area contributed by atoms with Crippen LogP contribution < -0.4 is 10.2 Å². The summed E-state index contributed by atoms with van der Waals surface area (Å²) in [5, 5.41) is 12.0. The highest BCUT2D eigenvalue weighted by Crippen LogP contribution is 2.42. The van der Waals surface area contributed by atoms with Crippen LogP contribution in [0.3, 0.4) is 0 Å². The van der Waals surface area contributed by atoms with Crippen LogP contribution in [0.5, 0.6) is 0 Å². The molecular weight excluding hydrogens is 433 g/mol. The lowest BCUT2D eigenvalue weighted by molar-refractivity contribution is -0.115.